The maximum atomic E-state index is 11.5. The molecule has 19 heavy (non-hydrogen) atoms. The van der Waals surface area contributed by atoms with Crippen LogP contribution in [0.25, 0.3) is 0 Å². The molecular weight excluding hydrogens is 246 g/mol. The van der Waals surface area contributed by atoms with Crippen LogP contribution in [0, 0.1) is 0 Å². The Hall–Kier alpha value is -1.75. The summed E-state index contributed by atoms with van der Waals surface area (Å²) in [4.78, 5) is 11.5. The minimum atomic E-state index is -0.385. The molecule has 1 saturated heterocycles. The number of methoxy groups -OCH3 is 2. The van der Waals surface area contributed by atoms with Gasteiger partial charge in [0.1, 0.15) is 6.10 Å². The van der Waals surface area contributed by atoms with Crippen molar-refractivity contribution in [2.45, 2.75) is 18.9 Å². The molecule has 1 N–H and O–H groups in total. The average Bonchev–Trinajstić information content (AvgIpc) is 2.48. The van der Waals surface area contributed by atoms with Crippen molar-refractivity contribution in [3.05, 3.63) is 23.8 Å². The van der Waals surface area contributed by atoms with E-state index in [-0.39, 0.29) is 12.1 Å². The van der Waals surface area contributed by atoms with E-state index in [0.717, 1.165) is 25.9 Å². The van der Waals surface area contributed by atoms with Crippen molar-refractivity contribution >= 4 is 5.97 Å². The van der Waals surface area contributed by atoms with Gasteiger partial charge in [-0.1, -0.05) is 0 Å². The van der Waals surface area contributed by atoms with E-state index in [9.17, 15) is 4.79 Å². The zero-order chi connectivity index (χ0) is 13.7. The number of nitrogens with one attached hydrogen (secondary N) is 1. The van der Waals surface area contributed by atoms with Crippen LogP contribution in [0.4, 0.5) is 0 Å². The number of hydrogen-bond donors (Lipinski definition) is 1. The summed E-state index contributed by atoms with van der Waals surface area (Å²) >= 11 is 0. The van der Waals surface area contributed by atoms with Gasteiger partial charge in [0.25, 0.3) is 0 Å². The van der Waals surface area contributed by atoms with Crippen molar-refractivity contribution in [1.82, 2.24) is 5.32 Å². The maximum Gasteiger partial charge on any atom is 0.337 e. The fourth-order valence-corrected chi connectivity index (χ4v) is 2.11. The van der Waals surface area contributed by atoms with E-state index in [4.69, 9.17) is 9.47 Å². The van der Waals surface area contributed by atoms with Gasteiger partial charge >= 0.3 is 5.97 Å². The molecule has 1 aliphatic rings. The average molecular weight is 265 g/mol. The number of hydrogen-bond acceptors (Lipinski definition) is 5. The Morgan fingerprint density at radius 1 is 1.32 bits per heavy atom. The molecular formula is C14H19NO4. The Balaban J connectivity index is 2.13. The fourth-order valence-electron chi connectivity index (χ4n) is 2.11. The molecule has 1 fully saturated rings. The van der Waals surface area contributed by atoms with Crippen molar-refractivity contribution < 1.29 is 19.0 Å². The van der Waals surface area contributed by atoms with Crippen molar-refractivity contribution in [3.63, 3.8) is 0 Å². The predicted octanol–water partition coefficient (Wildman–Crippen LogP) is 1.61. The van der Waals surface area contributed by atoms with Crippen LogP contribution in [0.2, 0.25) is 0 Å². The topological polar surface area (TPSA) is 56.8 Å². The van der Waals surface area contributed by atoms with Gasteiger partial charge in [-0.25, -0.2) is 4.79 Å². The monoisotopic (exact) mass is 265 g/mol. The van der Waals surface area contributed by atoms with Crippen molar-refractivity contribution in [3.8, 4) is 11.5 Å². The van der Waals surface area contributed by atoms with Crippen molar-refractivity contribution in [2.24, 2.45) is 0 Å². The maximum absolute atomic E-state index is 11.5. The molecule has 1 aliphatic heterocycles. The highest BCUT2D eigenvalue weighted by molar-refractivity contribution is 5.90. The summed E-state index contributed by atoms with van der Waals surface area (Å²) in [5, 5.41) is 3.29. The van der Waals surface area contributed by atoms with E-state index in [1.54, 1.807) is 25.3 Å². The zero-order valence-corrected chi connectivity index (χ0v) is 11.3. The van der Waals surface area contributed by atoms with Gasteiger partial charge in [-0.2, -0.15) is 0 Å². The lowest BCUT2D eigenvalue weighted by atomic mass is 10.1. The molecule has 2 rings (SSSR count). The lowest BCUT2D eigenvalue weighted by Gasteiger charge is -2.24. The Kier molecular flexibility index (Phi) is 4.63. The van der Waals surface area contributed by atoms with Gasteiger partial charge in [0.2, 0.25) is 0 Å². The lowest BCUT2D eigenvalue weighted by Crippen LogP contribution is -2.37. The molecule has 5 nitrogen and oxygen atoms in total. The first-order valence-corrected chi connectivity index (χ1v) is 6.38. The number of carbonyl (C=O) groups excluding carboxylic acids is 1. The van der Waals surface area contributed by atoms with Crippen LogP contribution in [-0.2, 0) is 4.74 Å². The largest absolute Gasteiger partial charge is 0.493 e. The Morgan fingerprint density at radius 3 is 2.79 bits per heavy atom. The molecule has 0 aromatic heterocycles. The number of rotatable bonds is 4. The van der Waals surface area contributed by atoms with Crippen LogP contribution in [0.1, 0.15) is 23.2 Å². The minimum absolute atomic E-state index is 0.145. The second-order valence-corrected chi connectivity index (χ2v) is 4.44. The summed E-state index contributed by atoms with van der Waals surface area (Å²) in [6.07, 6.45) is 2.27. The molecule has 1 aromatic carbocycles. The second kappa shape index (κ2) is 6.43. The quantitative estimate of drug-likeness (QED) is 0.838. The van der Waals surface area contributed by atoms with Gasteiger partial charge in [-0.05, 0) is 37.6 Å². The van der Waals surface area contributed by atoms with Crippen LogP contribution < -0.4 is 14.8 Å². The number of ether oxygens (including phenoxy) is 3. The van der Waals surface area contributed by atoms with Crippen LogP contribution in [0.3, 0.4) is 0 Å². The molecule has 1 unspecified atom stereocenters. The molecule has 104 valence electrons. The van der Waals surface area contributed by atoms with E-state index in [2.05, 4.69) is 10.1 Å². The molecule has 0 amide bonds. The number of benzene rings is 1. The van der Waals surface area contributed by atoms with Crippen molar-refractivity contribution in [1.29, 1.82) is 0 Å². The third-order valence-electron chi connectivity index (χ3n) is 3.13. The third kappa shape index (κ3) is 3.38. The fraction of sp³-hybridized carbons (Fsp3) is 0.500. The highest BCUT2D eigenvalue weighted by atomic mass is 16.5. The first-order chi connectivity index (χ1) is 9.24. The molecule has 0 spiro atoms. The second-order valence-electron chi connectivity index (χ2n) is 4.44. The highest BCUT2D eigenvalue weighted by Gasteiger charge is 2.17. The number of piperidine rings is 1. The number of esters is 1. The summed E-state index contributed by atoms with van der Waals surface area (Å²) in [5.74, 6) is 0.821. The standard InChI is InChI=1S/C14H19NO4/c1-17-13-8-10(14(16)18-2)5-6-12(13)19-11-4-3-7-15-9-11/h5-6,8,11,15H,3-4,7,9H2,1-2H3. The van der Waals surface area contributed by atoms with Gasteiger partial charge < -0.3 is 19.5 Å². The molecule has 5 heteroatoms. The van der Waals surface area contributed by atoms with E-state index in [1.807, 2.05) is 0 Å². The first kappa shape index (κ1) is 13.7. The van der Waals surface area contributed by atoms with Crippen LogP contribution in [0.15, 0.2) is 18.2 Å². The highest BCUT2D eigenvalue weighted by Crippen LogP contribution is 2.30. The van der Waals surface area contributed by atoms with Gasteiger partial charge in [-0.3, -0.25) is 0 Å². The molecule has 0 bridgehead atoms. The third-order valence-corrected chi connectivity index (χ3v) is 3.13. The van der Waals surface area contributed by atoms with Crippen molar-refractivity contribution in [2.75, 3.05) is 27.3 Å². The molecule has 1 aromatic rings. The van der Waals surface area contributed by atoms with Crippen LogP contribution in [-0.4, -0.2) is 39.4 Å². The summed E-state index contributed by atoms with van der Waals surface area (Å²) in [6, 6.07) is 5.07. The van der Waals surface area contributed by atoms with E-state index in [1.165, 1.54) is 7.11 Å². The smallest absolute Gasteiger partial charge is 0.337 e. The SMILES string of the molecule is COC(=O)c1ccc(OC2CCCNC2)c(OC)c1. The van der Waals surface area contributed by atoms with Crippen LogP contribution >= 0.6 is 0 Å². The molecule has 0 saturated carbocycles. The Labute approximate surface area is 112 Å². The zero-order valence-electron chi connectivity index (χ0n) is 11.3. The Morgan fingerprint density at radius 2 is 2.16 bits per heavy atom. The minimum Gasteiger partial charge on any atom is -0.493 e. The normalized spacial score (nSPS) is 18.7. The van der Waals surface area contributed by atoms with E-state index in [0.29, 0.717) is 17.1 Å². The predicted molar refractivity (Wildman–Crippen MR) is 70.9 cm³/mol. The molecule has 0 aliphatic carbocycles. The number of carbonyl (C=O) groups is 1. The summed E-state index contributed by atoms with van der Waals surface area (Å²) in [7, 11) is 2.91. The summed E-state index contributed by atoms with van der Waals surface area (Å²) in [5.41, 5.74) is 0.452. The van der Waals surface area contributed by atoms with E-state index >= 15 is 0 Å². The Bertz CT molecular complexity index is 441. The van der Waals surface area contributed by atoms with E-state index < -0.39 is 0 Å². The van der Waals surface area contributed by atoms with Gasteiger partial charge in [0, 0.05) is 6.54 Å². The van der Waals surface area contributed by atoms with Gasteiger partial charge in [0.05, 0.1) is 19.8 Å². The molecule has 0 radical (unpaired) electrons. The summed E-state index contributed by atoms with van der Waals surface area (Å²) in [6.45, 7) is 1.88. The molecule has 1 atom stereocenters. The molecule has 1 heterocycles. The summed E-state index contributed by atoms with van der Waals surface area (Å²) < 4.78 is 15.9. The lowest BCUT2D eigenvalue weighted by molar-refractivity contribution is 0.0600. The first-order valence-electron chi connectivity index (χ1n) is 6.38. The van der Waals surface area contributed by atoms with Gasteiger partial charge in [0.15, 0.2) is 11.5 Å². The van der Waals surface area contributed by atoms with Crippen LogP contribution in [0.5, 0.6) is 11.5 Å². The van der Waals surface area contributed by atoms with Gasteiger partial charge in [-0.15, -0.1) is 0 Å².